The zero-order valence-electron chi connectivity index (χ0n) is 14.7. The fraction of sp³-hybridized carbons (Fsp3) is 0.474. The molecule has 1 saturated heterocycles. The normalized spacial score (nSPS) is 17.8. The summed E-state index contributed by atoms with van der Waals surface area (Å²) in [5.74, 6) is 2.42. The fourth-order valence-electron chi connectivity index (χ4n) is 3.37. The van der Waals surface area contributed by atoms with E-state index in [-0.39, 0.29) is 0 Å². The Hall–Kier alpha value is -2.05. The number of aromatic nitrogens is 2. The second-order valence-corrected chi connectivity index (χ2v) is 7.00. The van der Waals surface area contributed by atoms with Crippen LogP contribution >= 0.6 is 11.6 Å². The van der Waals surface area contributed by atoms with Crippen molar-refractivity contribution in [2.24, 2.45) is 0 Å². The lowest BCUT2D eigenvalue weighted by molar-refractivity contribution is 0.260. The highest BCUT2D eigenvalue weighted by Gasteiger charge is 2.19. The largest absolute Gasteiger partial charge is 0.489 e. The zero-order chi connectivity index (χ0) is 17.8. The van der Waals surface area contributed by atoms with Crippen LogP contribution in [0.1, 0.15) is 12.0 Å². The van der Waals surface area contributed by atoms with Gasteiger partial charge in [0.25, 0.3) is 0 Å². The first-order valence-corrected chi connectivity index (χ1v) is 9.49. The molecule has 4 rings (SSSR count). The molecule has 0 N–H and O–H groups in total. The maximum absolute atomic E-state index is 6.39. The molecular formula is C19H23ClN4O2. The van der Waals surface area contributed by atoms with Crippen molar-refractivity contribution >= 4 is 17.4 Å². The van der Waals surface area contributed by atoms with Gasteiger partial charge in [-0.1, -0.05) is 11.6 Å². The predicted octanol–water partition coefficient (Wildman–Crippen LogP) is 2.66. The van der Waals surface area contributed by atoms with Crippen molar-refractivity contribution in [1.82, 2.24) is 14.9 Å². The number of hydrogen-bond acceptors (Lipinski definition) is 6. The molecule has 2 aliphatic rings. The van der Waals surface area contributed by atoms with Crippen molar-refractivity contribution in [2.75, 3.05) is 50.8 Å². The van der Waals surface area contributed by atoms with E-state index in [4.69, 9.17) is 21.1 Å². The molecule has 6 nitrogen and oxygen atoms in total. The van der Waals surface area contributed by atoms with E-state index in [2.05, 4.69) is 25.8 Å². The Balaban J connectivity index is 1.32. The van der Waals surface area contributed by atoms with Crippen LogP contribution in [-0.2, 0) is 6.42 Å². The zero-order valence-corrected chi connectivity index (χ0v) is 15.5. The second kappa shape index (κ2) is 8.10. The van der Waals surface area contributed by atoms with Crippen LogP contribution in [0.3, 0.4) is 0 Å². The number of anilines is 1. The van der Waals surface area contributed by atoms with E-state index in [1.165, 1.54) is 5.56 Å². The minimum Gasteiger partial charge on any atom is -0.489 e. The van der Waals surface area contributed by atoms with Gasteiger partial charge < -0.3 is 14.4 Å². The number of ether oxygens (including phenoxy) is 2. The molecule has 138 valence electrons. The van der Waals surface area contributed by atoms with E-state index >= 15 is 0 Å². The summed E-state index contributed by atoms with van der Waals surface area (Å²) in [5.41, 5.74) is 1.19. The molecule has 0 radical (unpaired) electrons. The van der Waals surface area contributed by atoms with Gasteiger partial charge in [0, 0.05) is 51.5 Å². The molecule has 1 aromatic carbocycles. The summed E-state index contributed by atoms with van der Waals surface area (Å²) >= 11 is 6.39. The summed E-state index contributed by atoms with van der Waals surface area (Å²) in [6.45, 7) is 6.33. The highest BCUT2D eigenvalue weighted by molar-refractivity contribution is 6.32. The lowest BCUT2D eigenvalue weighted by atomic mass is 10.1. The first-order valence-electron chi connectivity index (χ1n) is 9.11. The van der Waals surface area contributed by atoms with Crippen LogP contribution in [0.4, 0.5) is 5.82 Å². The lowest BCUT2D eigenvalue weighted by Gasteiger charge is -2.35. The van der Waals surface area contributed by atoms with E-state index in [0.29, 0.717) is 24.0 Å². The molecule has 0 saturated carbocycles. The van der Waals surface area contributed by atoms with Crippen molar-refractivity contribution in [3.8, 4) is 11.5 Å². The van der Waals surface area contributed by atoms with Gasteiger partial charge in [-0.05, 0) is 24.1 Å². The molecule has 2 aliphatic heterocycles. The van der Waals surface area contributed by atoms with E-state index in [9.17, 15) is 0 Å². The number of rotatable bonds is 4. The van der Waals surface area contributed by atoms with Crippen LogP contribution in [0.5, 0.6) is 11.5 Å². The van der Waals surface area contributed by atoms with Gasteiger partial charge >= 0.3 is 0 Å². The Bertz CT molecular complexity index is 736. The van der Waals surface area contributed by atoms with Gasteiger partial charge in [-0.3, -0.25) is 9.88 Å². The van der Waals surface area contributed by atoms with Crippen molar-refractivity contribution in [2.45, 2.75) is 12.8 Å². The van der Waals surface area contributed by atoms with Crippen molar-refractivity contribution in [3.05, 3.63) is 41.3 Å². The van der Waals surface area contributed by atoms with Crippen LogP contribution in [0.2, 0.25) is 5.02 Å². The Labute approximate surface area is 158 Å². The van der Waals surface area contributed by atoms with Gasteiger partial charge in [-0.15, -0.1) is 0 Å². The highest BCUT2D eigenvalue weighted by atomic mass is 35.5. The predicted molar refractivity (Wildman–Crippen MR) is 101 cm³/mol. The van der Waals surface area contributed by atoms with Gasteiger partial charge in [-0.2, -0.15) is 0 Å². The van der Waals surface area contributed by atoms with Gasteiger partial charge in [0.1, 0.15) is 5.82 Å². The first-order chi connectivity index (χ1) is 12.8. The van der Waals surface area contributed by atoms with Crippen molar-refractivity contribution in [1.29, 1.82) is 0 Å². The molecule has 3 heterocycles. The number of nitrogens with zero attached hydrogens (tertiary/aromatic N) is 4. The molecule has 0 aliphatic carbocycles. The SMILES string of the molecule is Clc1cc(CCN2CCN(c3cnccn3)CC2)cc2c1OCCCO2. The molecule has 26 heavy (non-hydrogen) atoms. The average molecular weight is 375 g/mol. The maximum Gasteiger partial charge on any atom is 0.179 e. The third-order valence-electron chi connectivity index (χ3n) is 4.82. The molecule has 0 atom stereocenters. The molecule has 7 heteroatoms. The van der Waals surface area contributed by atoms with Gasteiger partial charge in [0.05, 0.1) is 24.4 Å². The van der Waals surface area contributed by atoms with Crippen LogP contribution in [-0.4, -0.2) is 60.8 Å². The Kier molecular flexibility index (Phi) is 5.41. The summed E-state index contributed by atoms with van der Waals surface area (Å²) in [6.07, 6.45) is 7.11. The number of benzene rings is 1. The third kappa shape index (κ3) is 4.02. The summed E-state index contributed by atoms with van der Waals surface area (Å²) < 4.78 is 11.5. The summed E-state index contributed by atoms with van der Waals surface area (Å²) in [5, 5.41) is 0.645. The van der Waals surface area contributed by atoms with Crippen LogP contribution < -0.4 is 14.4 Å². The first kappa shape index (κ1) is 17.4. The third-order valence-corrected chi connectivity index (χ3v) is 5.11. The molecule has 0 spiro atoms. The second-order valence-electron chi connectivity index (χ2n) is 6.60. The summed E-state index contributed by atoms with van der Waals surface area (Å²) in [4.78, 5) is 13.3. The minimum atomic E-state index is 0.645. The molecule has 1 aromatic heterocycles. The molecular weight excluding hydrogens is 352 g/mol. The number of hydrogen-bond donors (Lipinski definition) is 0. The smallest absolute Gasteiger partial charge is 0.179 e. The Morgan fingerprint density at radius 1 is 1.04 bits per heavy atom. The monoisotopic (exact) mass is 374 g/mol. The molecule has 0 unspecified atom stereocenters. The number of halogens is 1. The maximum atomic E-state index is 6.39. The van der Waals surface area contributed by atoms with E-state index in [1.807, 2.05) is 12.3 Å². The minimum absolute atomic E-state index is 0.645. The average Bonchev–Trinajstić information content (AvgIpc) is 2.93. The Morgan fingerprint density at radius 3 is 2.69 bits per heavy atom. The molecule has 0 bridgehead atoms. The van der Waals surface area contributed by atoms with Gasteiger partial charge in [0.15, 0.2) is 11.5 Å². The van der Waals surface area contributed by atoms with Crippen LogP contribution in [0, 0.1) is 0 Å². The summed E-state index contributed by atoms with van der Waals surface area (Å²) in [6, 6.07) is 4.08. The van der Waals surface area contributed by atoms with Crippen LogP contribution in [0.25, 0.3) is 0 Å². The van der Waals surface area contributed by atoms with Gasteiger partial charge in [0.2, 0.25) is 0 Å². The van der Waals surface area contributed by atoms with Gasteiger partial charge in [-0.25, -0.2) is 4.98 Å². The topological polar surface area (TPSA) is 50.7 Å². The fourth-order valence-corrected chi connectivity index (χ4v) is 3.66. The Morgan fingerprint density at radius 2 is 1.88 bits per heavy atom. The molecule has 2 aromatic rings. The highest BCUT2D eigenvalue weighted by Crippen LogP contribution is 2.38. The van der Waals surface area contributed by atoms with Crippen molar-refractivity contribution < 1.29 is 9.47 Å². The molecule has 0 amide bonds. The van der Waals surface area contributed by atoms with E-state index in [0.717, 1.165) is 57.1 Å². The number of fused-ring (bicyclic) bond motifs is 1. The van der Waals surface area contributed by atoms with E-state index < -0.39 is 0 Å². The quantitative estimate of drug-likeness (QED) is 0.820. The lowest BCUT2D eigenvalue weighted by Crippen LogP contribution is -2.47. The molecule has 1 fully saturated rings. The van der Waals surface area contributed by atoms with E-state index in [1.54, 1.807) is 12.4 Å². The van der Waals surface area contributed by atoms with Crippen LogP contribution in [0.15, 0.2) is 30.7 Å². The standard InChI is InChI=1S/C19H23ClN4O2/c20-16-12-15(13-17-19(16)26-11-1-10-25-17)2-5-23-6-8-24(9-7-23)18-14-21-3-4-22-18/h3-4,12-14H,1-2,5-11H2. The number of piperazine rings is 1. The van der Waals surface area contributed by atoms with Crippen molar-refractivity contribution in [3.63, 3.8) is 0 Å². The summed E-state index contributed by atoms with van der Waals surface area (Å²) in [7, 11) is 0.